The zero-order valence-corrected chi connectivity index (χ0v) is 6.60. The van der Waals surface area contributed by atoms with Crippen LogP contribution in [0, 0.1) is 6.07 Å². The topological polar surface area (TPSA) is 9.23 Å². The summed E-state index contributed by atoms with van der Waals surface area (Å²) in [6, 6.07) is 8.46. The molecule has 0 fully saturated rings. The summed E-state index contributed by atoms with van der Waals surface area (Å²) in [5.41, 5.74) is 0. The summed E-state index contributed by atoms with van der Waals surface area (Å²) in [7, 11) is 1.64. The van der Waals surface area contributed by atoms with E-state index in [9.17, 15) is 0 Å². The molecule has 0 spiro atoms. The third-order valence-corrected chi connectivity index (χ3v) is 1.43. The van der Waals surface area contributed by atoms with Gasteiger partial charge in [0.2, 0.25) is 0 Å². The minimum absolute atomic E-state index is 0.848. The van der Waals surface area contributed by atoms with Crippen LogP contribution < -0.4 is 4.74 Å². The lowest BCUT2D eigenvalue weighted by Gasteiger charge is -1.96. The van der Waals surface area contributed by atoms with E-state index in [1.807, 2.05) is 18.2 Å². The van der Waals surface area contributed by atoms with Crippen molar-refractivity contribution < 1.29 is 4.74 Å². The molecule has 9 heavy (non-hydrogen) atoms. The zero-order valence-electron chi connectivity index (χ0n) is 5.02. The summed E-state index contributed by atoms with van der Waals surface area (Å²) in [5.74, 6) is 0.848. The smallest absolute Gasteiger partial charge is 0.120 e. The maximum absolute atomic E-state index is 4.94. The second-order valence-electron chi connectivity index (χ2n) is 1.58. The maximum atomic E-state index is 4.94. The van der Waals surface area contributed by atoms with Crippen LogP contribution in [0.1, 0.15) is 0 Å². The summed E-state index contributed by atoms with van der Waals surface area (Å²) >= 11 is 3.27. The first kappa shape index (κ1) is 6.62. The lowest BCUT2D eigenvalue weighted by atomic mass is 10.3. The molecule has 0 bridgehead atoms. The molecule has 0 atom stereocenters. The highest BCUT2D eigenvalue weighted by Gasteiger charge is 1.88. The van der Waals surface area contributed by atoms with Crippen LogP contribution in [0.25, 0.3) is 0 Å². The largest absolute Gasteiger partial charge is 0.497 e. The number of hydrogen-bond donors (Lipinski definition) is 0. The highest BCUT2D eigenvalue weighted by atomic mass is 79.9. The van der Waals surface area contributed by atoms with E-state index in [0.29, 0.717) is 0 Å². The Kier molecular flexibility index (Phi) is 2.11. The molecule has 0 amide bonds. The fourth-order valence-electron chi connectivity index (χ4n) is 0.545. The van der Waals surface area contributed by atoms with Gasteiger partial charge in [-0.1, -0.05) is 15.9 Å². The molecular weight excluding hydrogens is 180 g/mol. The molecular formula is C7H6BrO. The van der Waals surface area contributed by atoms with Crippen LogP contribution >= 0.6 is 15.9 Å². The molecule has 0 saturated carbocycles. The Hall–Kier alpha value is -0.500. The molecule has 1 nitrogen and oxygen atoms in total. The highest BCUT2D eigenvalue weighted by Crippen LogP contribution is 2.15. The minimum Gasteiger partial charge on any atom is -0.497 e. The lowest BCUT2D eigenvalue weighted by Crippen LogP contribution is -1.80. The van der Waals surface area contributed by atoms with E-state index in [0.717, 1.165) is 10.2 Å². The predicted molar refractivity (Wildman–Crippen MR) is 39.5 cm³/mol. The minimum atomic E-state index is 0.848. The summed E-state index contributed by atoms with van der Waals surface area (Å²) in [6.07, 6.45) is 0. The van der Waals surface area contributed by atoms with Crippen LogP contribution in [0.15, 0.2) is 22.7 Å². The van der Waals surface area contributed by atoms with E-state index >= 15 is 0 Å². The van der Waals surface area contributed by atoms with Gasteiger partial charge in [-0.25, -0.2) is 0 Å². The first-order valence-corrected chi connectivity index (χ1v) is 3.33. The molecule has 0 saturated heterocycles. The average molecular weight is 186 g/mol. The van der Waals surface area contributed by atoms with Gasteiger partial charge in [-0.05, 0) is 24.3 Å². The number of benzene rings is 1. The molecule has 0 N–H and O–H groups in total. The zero-order chi connectivity index (χ0) is 6.69. The van der Waals surface area contributed by atoms with Crippen LogP contribution in [0.4, 0.5) is 0 Å². The highest BCUT2D eigenvalue weighted by molar-refractivity contribution is 9.10. The first-order chi connectivity index (χ1) is 4.33. The summed E-state index contributed by atoms with van der Waals surface area (Å²) < 4.78 is 5.86. The van der Waals surface area contributed by atoms with Gasteiger partial charge in [0.05, 0.1) is 7.11 Å². The Balaban J connectivity index is 2.94. The maximum Gasteiger partial charge on any atom is 0.120 e. The van der Waals surface area contributed by atoms with Gasteiger partial charge < -0.3 is 4.74 Å². The second kappa shape index (κ2) is 2.87. The van der Waals surface area contributed by atoms with Crippen molar-refractivity contribution in [2.24, 2.45) is 0 Å². The fourth-order valence-corrected chi connectivity index (χ4v) is 0.903. The van der Waals surface area contributed by atoms with Gasteiger partial charge >= 0.3 is 0 Å². The molecule has 1 aromatic rings. The van der Waals surface area contributed by atoms with E-state index in [1.165, 1.54) is 0 Å². The Bertz CT molecular complexity index is 198. The van der Waals surface area contributed by atoms with E-state index in [2.05, 4.69) is 22.0 Å². The van der Waals surface area contributed by atoms with E-state index in [1.54, 1.807) is 7.11 Å². The molecule has 0 heterocycles. The third-order valence-electron chi connectivity index (χ3n) is 0.974. The fraction of sp³-hybridized carbons (Fsp3) is 0.143. The van der Waals surface area contributed by atoms with Crippen molar-refractivity contribution in [3.63, 3.8) is 0 Å². The summed E-state index contributed by atoms with van der Waals surface area (Å²) in [4.78, 5) is 0. The lowest BCUT2D eigenvalue weighted by molar-refractivity contribution is 0.414. The molecule has 47 valence electrons. The van der Waals surface area contributed by atoms with Crippen molar-refractivity contribution in [2.75, 3.05) is 7.11 Å². The molecule has 1 rings (SSSR count). The molecule has 1 aromatic carbocycles. The van der Waals surface area contributed by atoms with Crippen LogP contribution in [-0.2, 0) is 0 Å². The molecule has 2 heteroatoms. The molecule has 0 aromatic heterocycles. The standard InChI is InChI=1S/C7H6BrO/c1-9-7-4-2-3-6(8)5-7/h2,4-5H,1H3. The van der Waals surface area contributed by atoms with Gasteiger partial charge in [-0.15, -0.1) is 0 Å². The van der Waals surface area contributed by atoms with Gasteiger partial charge in [0.25, 0.3) is 0 Å². The molecule has 1 radical (unpaired) electrons. The van der Waals surface area contributed by atoms with Gasteiger partial charge in [0, 0.05) is 4.47 Å². The Morgan fingerprint density at radius 2 is 2.44 bits per heavy atom. The van der Waals surface area contributed by atoms with Crippen molar-refractivity contribution in [3.8, 4) is 5.75 Å². The van der Waals surface area contributed by atoms with Crippen LogP contribution in [0.2, 0.25) is 0 Å². The molecule has 0 aliphatic heterocycles. The normalized spacial score (nSPS) is 9.11. The number of rotatable bonds is 1. The number of hydrogen-bond acceptors (Lipinski definition) is 1. The van der Waals surface area contributed by atoms with E-state index < -0.39 is 0 Å². The van der Waals surface area contributed by atoms with E-state index in [-0.39, 0.29) is 0 Å². The number of ether oxygens (including phenoxy) is 1. The quantitative estimate of drug-likeness (QED) is 0.653. The van der Waals surface area contributed by atoms with Gasteiger partial charge in [-0.2, -0.15) is 0 Å². The van der Waals surface area contributed by atoms with Gasteiger partial charge in [0.15, 0.2) is 0 Å². The Labute approximate surface area is 62.8 Å². The van der Waals surface area contributed by atoms with Crippen molar-refractivity contribution >= 4 is 15.9 Å². The molecule has 0 unspecified atom stereocenters. The van der Waals surface area contributed by atoms with Crippen LogP contribution in [-0.4, -0.2) is 7.11 Å². The van der Waals surface area contributed by atoms with Gasteiger partial charge in [-0.3, -0.25) is 0 Å². The third kappa shape index (κ3) is 1.72. The van der Waals surface area contributed by atoms with Crippen molar-refractivity contribution in [3.05, 3.63) is 28.7 Å². The average Bonchev–Trinajstić information content (AvgIpc) is 1.88. The molecule has 0 aliphatic carbocycles. The molecule has 0 aliphatic rings. The Morgan fingerprint density at radius 1 is 1.67 bits per heavy atom. The van der Waals surface area contributed by atoms with E-state index in [4.69, 9.17) is 4.74 Å². The van der Waals surface area contributed by atoms with Crippen molar-refractivity contribution in [2.45, 2.75) is 0 Å². The van der Waals surface area contributed by atoms with Gasteiger partial charge in [0.1, 0.15) is 5.75 Å². The van der Waals surface area contributed by atoms with Crippen LogP contribution in [0.5, 0.6) is 5.75 Å². The Morgan fingerprint density at radius 3 is 2.89 bits per heavy atom. The second-order valence-corrected chi connectivity index (χ2v) is 2.43. The number of methoxy groups -OCH3 is 1. The predicted octanol–water partition coefficient (Wildman–Crippen LogP) is 2.26. The SMILES string of the molecule is COc1cc[c]c(Br)c1. The van der Waals surface area contributed by atoms with Crippen molar-refractivity contribution in [1.82, 2.24) is 0 Å². The first-order valence-electron chi connectivity index (χ1n) is 2.54. The van der Waals surface area contributed by atoms with Crippen molar-refractivity contribution in [1.29, 1.82) is 0 Å². The monoisotopic (exact) mass is 185 g/mol. The summed E-state index contributed by atoms with van der Waals surface area (Å²) in [5, 5.41) is 0. The van der Waals surface area contributed by atoms with Crippen LogP contribution in [0.3, 0.4) is 0 Å². The summed E-state index contributed by atoms with van der Waals surface area (Å²) in [6.45, 7) is 0. The number of halogens is 1.